The maximum Gasteiger partial charge on any atom is 0.325 e. The van der Waals surface area contributed by atoms with E-state index in [4.69, 9.17) is 11.6 Å². The van der Waals surface area contributed by atoms with Crippen LogP contribution in [0.1, 0.15) is 28.8 Å². The Morgan fingerprint density at radius 3 is 2.48 bits per heavy atom. The first-order valence-corrected chi connectivity index (χ1v) is 9.70. The summed E-state index contributed by atoms with van der Waals surface area (Å²) in [5.41, 5.74) is -0.256. The average Bonchev–Trinajstić information content (AvgIpc) is 2.95. The summed E-state index contributed by atoms with van der Waals surface area (Å²) in [7, 11) is 0. The van der Waals surface area contributed by atoms with Gasteiger partial charge in [0.25, 0.3) is 11.8 Å². The Labute approximate surface area is 172 Å². The minimum atomic E-state index is -1.02. The average molecular weight is 416 g/mol. The number of imide groups is 1. The molecule has 0 unspecified atom stereocenters. The number of nitrogens with zero attached hydrogens (tertiary/aromatic N) is 2. The van der Waals surface area contributed by atoms with Crippen LogP contribution >= 0.6 is 11.6 Å². The first-order chi connectivity index (χ1) is 13.9. The third kappa shape index (κ3) is 3.58. The standard InChI is InChI=1S/C21H19ClFN3O3/c22-15-6-7-17(23)16(12-15)18(27)25-10-8-21(9-11-25)19(28)26(20(29)24-21)13-14-4-2-1-3-5-14/h1-7,12H,8-11,13H2,(H,24,29). The van der Waals surface area contributed by atoms with Crippen LogP contribution in [0.4, 0.5) is 9.18 Å². The Bertz CT molecular complexity index is 974. The fourth-order valence-corrected chi connectivity index (χ4v) is 4.02. The highest BCUT2D eigenvalue weighted by Crippen LogP contribution is 2.31. The van der Waals surface area contributed by atoms with Gasteiger partial charge in [-0.15, -0.1) is 0 Å². The van der Waals surface area contributed by atoms with Crippen LogP contribution in [-0.2, 0) is 11.3 Å². The zero-order chi connectivity index (χ0) is 20.6. The Kier molecular flexibility index (Phi) is 5.00. The van der Waals surface area contributed by atoms with Crippen LogP contribution < -0.4 is 5.32 Å². The van der Waals surface area contributed by atoms with Crippen LogP contribution in [0.5, 0.6) is 0 Å². The second kappa shape index (κ2) is 7.48. The maximum absolute atomic E-state index is 14.0. The molecule has 4 amide bonds. The molecule has 8 heteroatoms. The number of benzene rings is 2. The lowest BCUT2D eigenvalue weighted by molar-refractivity contribution is -0.133. The van der Waals surface area contributed by atoms with E-state index in [1.165, 1.54) is 21.9 Å². The van der Waals surface area contributed by atoms with Gasteiger partial charge in [-0.2, -0.15) is 0 Å². The fourth-order valence-electron chi connectivity index (χ4n) is 3.85. The third-order valence-corrected chi connectivity index (χ3v) is 5.73. The van der Waals surface area contributed by atoms with Crippen LogP contribution in [0.3, 0.4) is 0 Å². The topological polar surface area (TPSA) is 69.7 Å². The van der Waals surface area contributed by atoms with Crippen molar-refractivity contribution >= 4 is 29.4 Å². The first kappa shape index (κ1) is 19.4. The summed E-state index contributed by atoms with van der Waals surface area (Å²) in [5.74, 6) is -1.40. The van der Waals surface area contributed by atoms with Crippen molar-refractivity contribution in [2.45, 2.75) is 24.9 Å². The molecule has 0 radical (unpaired) electrons. The largest absolute Gasteiger partial charge is 0.338 e. The van der Waals surface area contributed by atoms with Crippen LogP contribution in [-0.4, -0.2) is 46.3 Å². The van der Waals surface area contributed by atoms with Gasteiger partial charge in [0.2, 0.25) is 0 Å². The second-order valence-corrected chi connectivity index (χ2v) is 7.74. The van der Waals surface area contributed by atoms with Gasteiger partial charge in [0.1, 0.15) is 11.4 Å². The predicted molar refractivity (Wildman–Crippen MR) is 105 cm³/mol. The Balaban J connectivity index is 1.46. The van der Waals surface area contributed by atoms with E-state index in [0.29, 0.717) is 0 Å². The van der Waals surface area contributed by atoms with Gasteiger partial charge in [-0.1, -0.05) is 41.9 Å². The summed E-state index contributed by atoms with van der Waals surface area (Å²) >= 11 is 5.88. The second-order valence-electron chi connectivity index (χ2n) is 7.31. The minimum Gasteiger partial charge on any atom is -0.338 e. The lowest BCUT2D eigenvalue weighted by Gasteiger charge is -2.37. The Morgan fingerprint density at radius 1 is 1.10 bits per heavy atom. The lowest BCUT2D eigenvalue weighted by atomic mass is 9.87. The highest BCUT2D eigenvalue weighted by atomic mass is 35.5. The number of carbonyl (C=O) groups excluding carboxylic acids is 3. The molecular weight excluding hydrogens is 397 g/mol. The number of urea groups is 1. The first-order valence-electron chi connectivity index (χ1n) is 9.32. The van der Waals surface area contributed by atoms with Gasteiger partial charge < -0.3 is 10.2 Å². The molecule has 2 aromatic carbocycles. The van der Waals surface area contributed by atoms with Gasteiger partial charge in [0, 0.05) is 18.1 Å². The van der Waals surface area contributed by atoms with Gasteiger partial charge in [0.05, 0.1) is 12.1 Å². The fraction of sp³-hybridized carbons (Fsp3) is 0.286. The molecule has 0 atom stereocenters. The molecule has 1 spiro atoms. The van der Waals surface area contributed by atoms with Crippen molar-refractivity contribution in [1.82, 2.24) is 15.1 Å². The van der Waals surface area contributed by atoms with Crippen molar-refractivity contribution in [2.75, 3.05) is 13.1 Å². The molecule has 2 fully saturated rings. The van der Waals surface area contributed by atoms with Crippen molar-refractivity contribution in [2.24, 2.45) is 0 Å². The zero-order valence-corrected chi connectivity index (χ0v) is 16.3. The van der Waals surface area contributed by atoms with Crippen LogP contribution in [0.25, 0.3) is 0 Å². The van der Waals surface area contributed by atoms with E-state index in [1.54, 1.807) is 0 Å². The monoisotopic (exact) mass is 415 g/mol. The molecule has 2 aliphatic heterocycles. The third-order valence-electron chi connectivity index (χ3n) is 5.49. The smallest absolute Gasteiger partial charge is 0.325 e. The maximum atomic E-state index is 14.0. The molecule has 0 bridgehead atoms. The highest BCUT2D eigenvalue weighted by Gasteiger charge is 2.52. The van der Waals surface area contributed by atoms with Crippen molar-refractivity contribution in [3.63, 3.8) is 0 Å². The molecule has 2 heterocycles. The molecular formula is C21H19ClFN3O3. The molecule has 2 aromatic rings. The molecule has 0 aromatic heterocycles. The number of likely N-dealkylation sites (tertiary alicyclic amines) is 1. The van der Waals surface area contributed by atoms with E-state index >= 15 is 0 Å². The molecule has 0 saturated carbocycles. The number of piperidine rings is 1. The van der Waals surface area contributed by atoms with Gasteiger partial charge >= 0.3 is 6.03 Å². The lowest BCUT2D eigenvalue weighted by Crippen LogP contribution is -2.55. The normalized spacial score (nSPS) is 18.3. The molecule has 0 aliphatic carbocycles. The SMILES string of the molecule is O=C(c1cc(Cl)ccc1F)N1CCC2(CC1)NC(=O)N(Cc1ccccc1)C2=O. The number of rotatable bonds is 3. The summed E-state index contributed by atoms with van der Waals surface area (Å²) in [6, 6.07) is 12.7. The van der Waals surface area contributed by atoms with Crippen molar-refractivity contribution in [3.8, 4) is 0 Å². The van der Waals surface area contributed by atoms with E-state index in [9.17, 15) is 18.8 Å². The van der Waals surface area contributed by atoms with E-state index < -0.39 is 23.3 Å². The van der Waals surface area contributed by atoms with E-state index in [0.717, 1.165) is 11.6 Å². The molecule has 150 valence electrons. The molecule has 2 saturated heterocycles. The molecule has 1 N–H and O–H groups in total. The Morgan fingerprint density at radius 2 is 1.79 bits per heavy atom. The summed E-state index contributed by atoms with van der Waals surface area (Å²) in [5, 5.41) is 3.09. The van der Waals surface area contributed by atoms with Gasteiger partial charge in [-0.05, 0) is 36.6 Å². The van der Waals surface area contributed by atoms with Crippen molar-refractivity contribution in [3.05, 3.63) is 70.5 Å². The minimum absolute atomic E-state index is 0.0964. The van der Waals surface area contributed by atoms with Gasteiger partial charge in [-0.25, -0.2) is 9.18 Å². The summed E-state index contributed by atoms with van der Waals surface area (Å²) in [4.78, 5) is 40.8. The van der Waals surface area contributed by atoms with Crippen LogP contribution in [0.2, 0.25) is 5.02 Å². The summed E-state index contributed by atoms with van der Waals surface area (Å²) in [6.07, 6.45) is 0.549. The molecule has 2 aliphatic rings. The van der Waals surface area contributed by atoms with E-state index in [2.05, 4.69) is 5.32 Å². The van der Waals surface area contributed by atoms with Gasteiger partial charge in [-0.3, -0.25) is 14.5 Å². The van der Waals surface area contributed by atoms with Crippen molar-refractivity contribution in [1.29, 1.82) is 0 Å². The number of halogens is 2. The summed E-state index contributed by atoms with van der Waals surface area (Å²) < 4.78 is 14.0. The number of nitrogens with one attached hydrogen (secondary N) is 1. The number of amides is 4. The predicted octanol–water partition coefficient (Wildman–Crippen LogP) is 3.21. The number of carbonyl (C=O) groups is 3. The quantitative estimate of drug-likeness (QED) is 0.782. The molecule has 6 nitrogen and oxygen atoms in total. The number of hydrogen-bond donors (Lipinski definition) is 1. The molecule has 29 heavy (non-hydrogen) atoms. The molecule has 4 rings (SSSR count). The van der Waals surface area contributed by atoms with Crippen LogP contribution in [0.15, 0.2) is 48.5 Å². The van der Waals surface area contributed by atoms with Gasteiger partial charge in [0.15, 0.2) is 0 Å². The van der Waals surface area contributed by atoms with E-state index in [-0.39, 0.29) is 49.0 Å². The number of hydrogen-bond acceptors (Lipinski definition) is 3. The zero-order valence-electron chi connectivity index (χ0n) is 15.5. The highest BCUT2D eigenvalue weighted by molar-refractivity contribution is 6.31. The summed E-state index contributed by atoms with van der Waals surface area (Å²) in [6.45, 7) is 0.662. The van der Waals surface area contributed by atoms with Crippen LogP contribution in [0, 0.1) is 5.82 Å². The van der Waals surface area contributed by atoms with Crippen molar-refractivity contribution < 1.29 is 18.8 Å². The Hall–Kier alpha value is -2.93. The van der Waals surface area contributed by atoms with E-state index in [1.807, 2.05) is 30.3 Å².